The lowest BCUT2D eigenvalue weighted by Gasteiger charge is -2.16. The van der Waals surface area contributed by atoms with E-state index < -0.39 is 7.14 Å². The van der Waals surface area contributed by atoms with E-state index in [0.29, 0.717) is 0 Å². The van der Waals surface area contributed by atoms with E-state index in [-0.39, 0.29) is 0 Å². The maximum absolute atomic E-state index is 13.4. The van der Waals surface area contributed by atoms with Crippen molar-refractivity contribution in [3.63, 3.8) is 0 Å². The molecule has 0 aromatic heterocycles. The lowest BCUT2D eigenvalue weighted by molar-refractivity contribution is 0.592. The van der Waals surface area contributed by atoms with Crippen molar-refractivity contribution in [2.45, 2.75) is 13.8 Å². The van der Waals surface area contributed by atoms with Gasteiger partial charge in [-0.3, -0.25) is 0 Å². The Kier molecular flexibility index (Phi) is 3.84. The van der Waals surface area contributed by atoms with Gasteiger partial charge in [-0.05, 0) is 19.7 Å². The fourth-order valence-electron chi connectivity index (χ4n) is 1.96. The van der Waals surface area contributed by atoms with E-state index in [9.17, 15) is 4.57 Å². The molecule has 0 aliphatic heterocycles. The molecule has 0 unspecified atom stereocenters. The van der Waals surface area contributed by atoms with Crippen molar-refractivity contribution in [3.05, 3.63) is 72.1 Å². The number of rotatable bonds is 3. The van der Waals surface area contributed by atoms with E-state index in [1.165, 1.54) is 0 Å². The molecule has 0 bridgehead atoms. The molecule has 0 spiro atoms. The Bertz CT molecular complexity index is 538. The van der Waals surface area contributed by atoms with E-state index >= 15 is 0 Å². The van der Waals surface area contributed by atoms with E-state index in [1.807, 2.05) is 80.3 Å². The summed E-state index contributed by atoms with van der Waals surface area (Å²) >= 11 is 0. The van der Waals surface area contributed by atoms with Gasteiger partial charge in [-0.25, -0.2) is 0 Å². The average molecular weight is 256 g/mol. The van der Waals surface area contributed by atoms with Crippen molar-refractivity contribution in [1.29, 1.82) is 0 Å². The maximum Gasteiger partial charge on any atom is 0.164 e. The highest BCUT2D eigenvalue weighted by molar-refractivity contribution is 7.81. The molecule has 0 N–H and O–H groups in total. The predicted molar refractivity (Wildman–Crippen MR) is 79.2 cm³/mol. The monoisotopic (exact) mass is 256 g/mol. The van der Waals surface area contributed by atoms with Crippen LogP contribution in [-0.4, -0.2) is 0 Å². The van der Waals surface area contributed by atoms with Crippen LogP contribution in [0.15, 0.2) is 72.1 Å². The minimum atomic E-state index is -2.64. The molecule has 0 aliphatic rings. The van der Waals surface area contributed by atoms with Crippen LogP contribution >= 0.6 is 7.14 Å². The van der Waals surface area contributed by atoms with Crippen LogP contribution in [0.4, 0.5) is 0 Å². The highest BCUT2D eigenvalue weighted by Crippen LogP contribution is 2.45. The number of benzene rings is 2. The van der Waals surface area contributed by atoms with Crippen molar-refractivity contribution < 1.29 is 4.57 Å². The molecule has 0 fully saturated rings. The lowest BCUT2D eigenvalue weighted by atomic mass is 10.4. The van der Waals surface area contributed by atoms with Gasteiger partial charge < -0.3 is 4.57 Å². The molecule has 1 nitrogen and oxygen atoms in total. The molecule has 0 atom stereocenters. The number of hydrogen-bond donors (Lipinski definition) is 0. The average Bonchev–Trinajstić information content (AvgIpc) is 2.40. The Hall–Kier alpha value is -1.59. The van der Waals surface area contributed by atoms with Gasteiger partial charge in [0.25, 0.3) is 0 Å². The van der Waals surface area contributed by atoms with Crippen molar-refractivity contribution in [1.82, 2.24) is 0 Å². The Balaban J connectivity index is 2.63. The highest BCUT2D eigenvalue weighted by Gasteiger charge is 2.23. The first-order valence-electron chi connectivity index (χ1n) is 6.00. The normalized spacial score (nSPS) is 11.0. The summed E-state index contributed by atoms with van der Waals surface area (Å²) in [4.78, 5) is 0. The second-order valence-electron chi connectivity index (χ2n) is 4.54. The van der Waals surface area contributed by atoms with Gasteiger partial charge in [-0.1, -0.05) is 66.2 Å². The van der Waals surface area contributed by atoms with Crippen LogP contribution in [0, 0.1) is 0 Å². The van der Waals surface area contributed by atoms with E-state index in [1.54, 1.807) is 0 Å². The van der Waals surface area contributed by atoms with Crippen LogP contribution < -0.4 is 10.6 Å². The summed E-state index contributed by atoms with van der Waals surface area (Å²) < 4.78 is 13.4. The third kappa shape index (κ3) is 2.63. The Labute approximate surface area is 109 Å². The largest absolute Gasteiger partial charge is 0.309 e. The SMILES string of the molecule is CC(C)=CP(=O)(c1ccccc1)c1ccccc1. The number of hydrogen-bond acceptors (Lipinski definition) is 1. The fraction of sp³-hybridized carbons (Fsp3) is 0.125. The first-order chi connectivity index (χ1) is 8.63. The van der Waals surface area contributed by atoms with E-state index in [4.69, 9.17) is 0 Å². The summed E-state index contributed by atoms with van der Waals surface area (Å²) in [5.41, 5.74) is 1.08. The smallest absolute Gasteiger partial charge is 0.164 e. The summed E-state index contributed by atoms with van der Waals surface area (Å²) in [5.74, 6) is 1.90. The van der Waals surface area contributed by atoms with E-state index in [2.05, 4.69) is 0 Å². The zero-order chi connectivity index (χ0) is 13.0. The van der Waals surface area contributed by atoms with Gasteiger partial charge in [0.1, 0.15) is 0 Å². The predicted octanol–water partition coefficient (Wildman–Crippen LogP) is 3.92. The molecular formula is C16H17OP. The van der Waals surface area contributed by atoms with Crippen LogP contribution in [0.1, 0.15) is 13.8 Å². The summed E-state index contributed by atoms with van der Waals surface area (Å²) in [6.07, 6.45) is 0. The minimum absolute atomic E-state index is 0.886. The molecular weight excluding hydrogens is 239 g/mol. The molecule has 0 saturated carbocycles. The van der Waals surface area contributed by atoms with Gasteiger partial charge in [-0.15, -0.1) is 0 Å². The fourth-order valence-corrected chi connectivity index (χ4v) is 4.51. The number of allylic oxidation sites excluding steroid dienone is 1. The second-order valence-corrected chi connectivity index (χ2v) is 7.14. The van der Waals surface area contributed by atoms with Crippen LogP contribution in [-0.2, 0) is 4.57 Å². The Morgan fingerprint density at radius 3 is 1.56 bits per heavy atom. The van der Waals surface area contributed by atoms with Crippen LogP contribution in [0.5, 0.6) is 0 Å². The van der Waals surface area contributed by atoms with Crippen LogP contribution in [0.2, 0.25) is 0 Å². The molecule has 0 radical (unpaired) electrons. The Morgan fingerprint density at radius 1 is 0.833 bits per heavy atom. The second kappa shape index (κ2) is 5.37. The Morgan fingerprint density at radius 2 is 1.22 bits per heavy atom. The van der Waals surface area contributed by atoms with Crippen molar-refractivity contribution in [2.75, 3.05) is 0 Å². The quantitative estimate of drug-likeness (QED) is 0.760. The molecule has 0 aliphatic carbocycles. The zero-order valence-corrected chi connectivity index (χ0v) is 11.6. The van der Waals surface area contributed by atoms with Gasteiger partial charge in [0.15, 0.2) is 7.14 Å². The zero-order valence-electron chi connectivity index (χ0n) is 10.7. The summed E-state index contributed by atoms with van der Waals surface area (Å²) in [6.45, 7) is 3.97. The molecule has 92 valence electrons. The first kappa shape index (κ1) is 12.9. The van der Waals surface area contributed by atoms with Gasteiger partial charge in [0, 0.05) is 10.6 Å². The van der Waals surface area contributed by atoms with Gasteiger partial charge >= 0.3 is 0 Å². The standard InChI is InChI=1S/C16H17OP/c1-14(2)13-18(17,15-9-5-3-6-10-15)16-11-7-4-8-12-16/h3-13H,1-2H3. The third-order valence-electron chi connectivity index (χ3n) is 2.72. The first-order valence-corrected chi connectivity index (χ1v) is 7.77. The molecule has 2 heteroatoms. The van der Waals surface area contributed by atoms with Crippen molar-refractivity contribution in [2.24, 2.45) is 0 Å². The molecule has 0 amide bonds. The van der Waals surface area contributed by atoms with Gasteiger partial charge in [0.2, 0.25) is 0 Å². The molecule has 2 rings (SSSR count). The van der Waals surface area contributed by atoms with Crippen molar-refractivity contribution in [3.8, 4) is 0 Å². The minimum Gasteiger partial charge on any atom is -0.309 e. The lowest BCUT2D eigenvalue weighted by Crippen LogP contribution is -2.14. The molecule has 0 heterocycles. The molecule has 18 heavy (non-hydrogen) atoms. The van der Waals surface area contributed by atoms with Crippen LogP contribution in [0.3, 0.4) is 0 Å². The van der Waals surface area contributed by atoms with E-state index in [0.717, 1.165) is 16.2 Å². The molecule has 0 saturated heterocycles. The summed E-state index contributed by atoms with van der Waals surface area (Å²) in [6, 6.07) is 19.4. The third-order valence-corrected chi connectivity index (χ3v) is 5.73. The molecule has 2 aromatic carbocycles. The molecule has 2 aromatic rings. The van der Waals surface area contributed by atoms with Gasteiger partial charge in [-0.2, -0.15) is 0 Å². The van der Waals surface area contributed by atoms with Crippen LogP contribution in [0.25, 0.3) is 0 Å². The highest BCUT2D eigenvalue weighted by atomic mass is 31.2. The summed E-state index contributed by atoms with van der Waals surface area (Å²) in [7, 11) is -2.64. The maximum atomic E-state index is 13.4. The summed E-state index contributed by atoms with van der Waals surface area (Å²) in [5, 5.41) is 1.77. The topological polar surface area (TPSA) is 17.1 Å². The van der Waals surface area contributed by atoms with Crippen molar-refractivity contribution >= 4 is 17.8 Å². The van der Waals surface area contributed by atoms with Gasteiger partial charge in [0.05, 0.1) is 0 Å².